The van der Waals surface area contributed by atoms with Crippen LogP contribution in [0.15, 0.2) is 18.2 Å². The molecule has 0 aliphatic heterocycles. The zero-order chi connectivity index (χ0) is 9.84. The van der Waals surface area contributed by atoms with Gasteiger partial charge in [0.05, 0.1) is 10.0 Å². The Labute approximate surface area is 92.6 Å². The summed E-state index contributed by atoms with van der Waals surface area (Å²) in [6, 6.07) is 5.50. The number of rotatable bonds is 3. The average Bonchev–Trinajstić information content (AvgIpc) is 2.10. The van der Waals surface area contributed by atoms with E-state index in [1.54, 1.807) is 17.8 Å². The highest BCUT2D eigenvalue weighted by Gasteiger charge is 2.11. The van der Waals surface area contributed by atoms with Crippen LogP contribution in [0.3, 0.4) is 0 Å². The number of thioether (sulfide) groups is 1. The van der Waals surface area contributed by atoms with Gasteiger partial charge in [-0.3, -0.25) is 0 Å². The summed E-state index contributed by atoms with van der Waals surface area (Å²) in [5.41, 5.74) is 6.83. The van der Waals surface area contributed by atoms with Crippen LogP contribution in [0.4, 0.5) is 0 Å². The van der Waals surface area contributed by atoms with Crippen LogP contribution < -0.4 is 5.73 Å². The molecule has 1 unspecified atom stereocenters. The highest BCUT2D eigenvalue weighted by atomic mass is 35.5. The SMILES string of the molecule is CSCC(N)c1cccc(Cl)c1Cl. The first-order valence-corrected chi connectivity index (χ1v) is 6.00. The van der Waals surface area contributed by atoms with Gasteiger partial charge in [-0.25, -0.2) is 0 Å². The minimum absolute atomic E-state index is 0.0406. The zero-order valence-electron chi connectivity index (χ0n) is 7.26. The third kappa shape index (κ3) is 2.78. The van der Waals surface area contributed by atoms with Crippen LogP contribution in [-0.2, 0) is 0 Å². The Morgan fingerprint density at radius 1 is 1.46 bits per heavy atom. The molecule has 0 radical (unpaired) electrons. The number of hydrogen-bond donors (Lipinski definition) is 1. The fourth-order valence-corrected chi connectivity index (χ4v) is 2.06. The predicted molar refractivity (Wildman–Crippen MR) is 61.8 cm³/mol. The Hall–Kier alpha value is 0.110. The van der Waals surface area contributed by atoms with Gasteiger partial charge in [-0.2, -0.15) is 11.8 Å². The van der Waals surface area contributed by atoms with Crippen molar-refractivity contribution in [2.75, 3.05) is 12.0 Å². The molecule has 0 saturated heterocycles. The van der Waals surface area contributed by atoms with Crippen molar-refractivity contribution in [2.45, 2.75) is 6.04 Å². The van der Waals surface area contributed by atoms with Gasteiger partial charge in [-0.05, 0) is 17.9 Å². The van der Waals surface area contributed by atoms with E-state index >= 15 is 0 Å². The zero-order valence-corrected chi connectivity index (χ0v) is 9.59. The lowest BCUT2D eigenvalue weighted by Crippen LogP contribution is -2.13. The molecule has 0 aliphatic carbocycles. The molecule has 4 heteroatoms. The molecule has 0 heterocycles. The van der Waals surface area contributed by atoms with Crippen LogP contribution in [-0.4, -0.2) is 12.0 Å². The Morgan fingerprint density at radius 3 is 2.77 bits per heavy atom. The number of halogens is 2. The summed E-state index contributed by atoms with van der Waals surface area (Å²) in [7, 11) is 0. The average molecular weight is 236 g/mol. The van der Waals surface area contributed by atoms with Crippen LogP contribution in [0.2, 0.25) is 10.0 Å². The first-order chi connectivity index (χ1) is 6.16. The summed E-state index contributed by atoms with van der Waals surface area (Å²) in [5, 5.41) is 1.14. The molecule has 0 fully saturated rings. The van der Waals surface area contributed by atoms with Crippen molar-refractivity contribution in [3.63, 3.8) is 0 Å². The maximum atomic E-state index is 6.00. The van der Waals surface area contributed by atoms with Gasteiger partial charge >= 0.3 is 0 Å². The van der Waals surface area contributed by atoms with E-state index in [1.807, 2.05) is 18.4 Å². The molecule has 0 aliphatic rings. The van der Waals surface area contributed by atoms with E-state index in [0.717, 1.165) is 11.3 Å². The molecule has 1 rings (SSSR count). The van der Waals surface area contributed by atoms with Crippen LogP contribution in [0.1, 0.15) is 11.6 Å². The second-order valence-corrected chi connectivity index (χ2v) is 4.40. The van der Waals surface area contributed by atoms with Crippen LogP contribution in [0, 0.1) is 0 Å². The quantitative estimate of drug-likeness (QED) is 0.870. The standard InChI is InChI=1S/C9H11Cl2NS/c1-13-5-8(12)6-3-2-4-7(10)9(6)11/h2-4,8H,5,12H2,1H3. The molecule has 0 aromatic heterocycles. The van der Waals surface area contributed by atoms with Crippen molar-refractivity contribution < 1.29 is 0 Å². The Kier molecular flexibility index (Phi) is 4.39. The van der Waals surface area contributed by atoms with Crippen LogP contribution in [0.25, 0.3) is 0 Å². The highest BCUT2D eigenvalue weighted by Crippen LogP contribution is 2.29. The number of hydrogen-bond acceptors (Lipinski definition) is 2. The van der Waals surface area contributed by atoms with Crippen molar-refractivity contribution in [1.29, 1.82) is 0 Å². The summed E-state index contributed by atoms with van der Waals surface area (Å²) >= 11 is 13.6. The monoisotopic (exact) mass is 235 g/mol. The molecule has 1 atom stereocenters. The van der Waals surface area contributed by atoms with Gasteiger partial charge in [-0.15, -0.1) is 0 Å². The van der Waals surface area contributed by atoms with Gasteiger partial charge in [0, 0.05) is 11.8 Å². The third-order valence-corrected chi connectivity index (χ3v) is 3.25. The van der Waals surface area contributed by atoms with E-state index in [2.05, 4.69) is 0 Å². The topological polar surface area (TPSA) is 26.0 Å². The second kappa shape index (κ2) is 5.11. The lowest BCUT2D eigenvalue weighted by molar-refractivity contribution is 0.833. The van der Waals surface area contributed by atoms with Gasteiger partial charge in [0.25, 0.3) is 0 Å². The predicted octanol–water partition coefficient (Wildman–Crippen LogP) is 3.36. The fraction of sp³-hybridized carbons (Fsp3) is 0.333. The lowest BCUT2D eigenvalue weighted by Gasteiger charge is -2.12. The normalized spacial score (nSPS) is 12.9. The largest absolute Gasteiger partial charge is 0.323 e. The first-order valence-electron chi connectivity index (χ1n) is 3.85. The molecule has 1 nitrogen and oxygen atoms in total. The first kappa shape index (κ1) is 11.2. The summed E-state index contributed by atoms with van der Waals surface area (Å²) in [6.07, 6.45) is 2.01. The van der Waals surface area contributed by atoms with E-state index in [0.29, 0.717) is 10.0 Å². The van der Waals surface area contributed by atoms with Crippen molar-refractivity contribution in [3.05, 3.63) is 33.8 Å². The van der Waals surface area contributed by atoms with Crippen LogP contribution in [0.5, 0.6) is 0 Å². The molecule has 0 spiro atoms. The summed E-state index contributed by atoms with van der Waals surface area (Å²) in [4.78, 5) is 0. The molecule has 13 heavy (non-hydrogen) atoms. The van der Waals surface area contributed by atoms with Gasteiger partial charge in [-0.1, -0.05) is 35.3 Å². The number of benzene rings is 1. The van der Waals surface area contributed by atoms with Crippen molar-refractivity contribution in [3.8, 4) is 0 Å². The van der Waals surface area contributed by atoms with Gasteiger partial charge < -0.3 is 5.73 Å². The third-order valence-electron chi connectivity index (χ3n) is 1.73. The molecule has 2 N–H and O–H groups in total. The van der Waals surface area contributed by atoms with Crippen molar-refractivity contribution in [1.82, 2.24) is 0 Å². The van der Waals surface area contributed by atoms with Gasteiger partial charge in [0.1, 0.15) is 0 Å². The second-order valence-electron chi connectivity index (χ2n) is 2.70. The minimum Gasteiger partial charge on any atom is -0.323 e. The Bertz CT molecular complexity index is 291. The summed E-state index contributed by atoms with van der Waals surface area (Å²) in [6.45, 7) is 0. The van der Waals surface area contributed by atoms with Crippen LogP contribution >= 0.6 is 35.0 Å². The van der Waals surface area contributed by atoms with E-state index in [4.69, 9.17) is 28.9 Å². The summed E-state index contributed by atoms with van der Waals surface area (Å²) in [5.74, 6) is 0.847. The van der Waals surface area contributed by atoms with Gasteiger partial charge in [0.15, 0.2) is 0 Å². The maximum Gasteiger partial charge on any atom is 0.0640 e. The fourth-order valence-electron chi connectivity index (χ4n) is 1.08. The van der Waals surface area contributed by atoms with E-state index < -0.39 is 0 Å². The summed E-state index contributed by atoms with van der Waals surface area (Å²) < 4.78 is 0. The molecular formula is C9H11Cl2NS. The highest BCUT2D eigenvalue weighted by molar-refractivity contribution is 7.98. The minimum atomic E-state index is -0.0406. The molecule has 0 bridgehead atoms. The molecule has 0 saturated carbocycles. The van der Waals surface area contributed by atoms with E-state index in [9.17, 15) is 0 Å². The Morgan fingerprint density at radius 2 is 2.15 bits per heavy atom. The van der Waals surface area contributed by atoms with Crippen molar-refractivity contribution >= 4 is 35.0 Å². The smallest absolute Gasteiger partial charge is 0.0640 e. The Balaban J connectivity index is 2.93. The molecular weight excluding hydrogens is 225 g/mol. The molecule has 1 aromatic rings. The van der Waals surface area contributed by atoms with E-state index in [-0.39, 0.29) is 6.04 Å². The van der Waals surface area contributed by atoms with Gasteiger partial charge in [0.2, 0.25) is 0 Å². The number of nitrogens with two attached hydrogens (primary N) is 1. The molecule has 0 amide bonds. The van der Waals surface area contributed by atoms with Crippen molar-refractivity contribution in [2.24, 2.45) is 5.73 Å². The maximum absolute atomic E-state index is 6.00. The van der Waals surface area contributed by atoms with E-state index in [1.165, 1.54) is 0 Å². The molecule has 72 valence electrons. The molecule has 1 aromatic carbocycles. The lowest BCUT2D eigenvalue weighted by atomic mass is 10.1.